The fourth-order valence-corrected chi connectivity index (χ4v) is 2.35. The van der Waals surface area contributed by atoms with Gasteiger partial charge in [-0.05, 0) is 50.2 Å². The van der Waals surface area contributed by atoms with Gasteiger partial charge < -0.3 is 9.47 Å². The van der Waals surface area contributed by atoms with Gasteiger partial charge in [-0.15, -0.1) is 0 Å². The highest BCUT2D eigenvalue weighted by atomic mass is 79.9. The Kier molecular flexibility index (Phi) is 4.65. The van der Waals surface area contributed by atoms with Gasteiger partial charge in [-0.2, -0.15) is 0 Å². The van der Waals surface area contributed by atoms with Gasteiger partial charge >= 0.3 is 0 Å². The van der Waals surface area contributed by atoms with Gasteiger partial charge in [0.15, 0.2) is 0 Å². The molecule has 0 bridgehead atoms. The van der Waals surface area contributed by atoms with Crippen LogP contribution in [0.1, 0.15) is 29.9 Å². The van der Waals surface area contributed by atoms with Gasteiger partial charge in [0.2, 0.25) is 0 Å². The highest BCUT2D eigenvalue weighted by Gasteiger charge is 2.19. The number of aromatic nitrogens is 1. The smallest absolute Gasteiger partial charge is 0.254 e. The lowest BCUT2D eigenvalue weighted by Gasteiger charge is -2.27. The molecule has 0 atom stereocenters. The minimum Gasteiger partial charge on any atom is -0.353 e. The average molecular weight is 335 g/mol. The summed E-state index contributed by atoms with van der Waals surface area (Å²) in [7, 11) is 2.00. The first-order valence-corrected chi connectivity index (χ1v) is 7.45. The molecular weight excluding hydrogens is 316 g/mol. The summed E-state index contributed by atoms with van der Waals surface area (Å²) >= 11 is 3.39. The molecule has 0 fully saturated rings. The third kappa shape index (κ3) is 3.31. The molecule has 20 heavy (non-hydrogen) atoms. The number of hydrogen-bond donors (Lipinski definition) is 0. The Hall–Kier alpha value is -1.55. The summed E-state index contributed by atoms with van der Waals surface area (Å²) in [5.41, 5.74) is 1.85. The SMILES string of the molecule is CC(C)N(Cc1cccn1C)C(=O)c1ccc(Br)cc1. The number of carbonyl (C=O) groups is 1. The Morgan fingerprint density at radius 2 is 1.90 bits per heavy atom. The number of halogens is 1. The second-order valence-electron chi connectivity index (χ2n) is 5.14. The predicted molar refractivity (Wildman–Crippen MR) is 84.6 cm³/mol. The zero-order chi connectivity index (χ0) is 14.7. The minimum absolute atomic E-state index is 0.0636. The first-order valence-electron chi connectivity index (χ1n) is 6.66. The Morgan fingerprint density at radius 1 is 1.25 bits per heavy atom. The van der Waals surface area contributed by atoms with Crippen molar-refractivity contribution in [2.45, 2.75) is 26.4 Å². The van der Waals surface area contributed by atoms with E-state index in [2.05, 4.69) is 15.9 Å². The molecule has 106 valence electrons. The van der Waals surface area contributed by atoms with Crippen molar-refractivity contribution in [2.24, 2.45) is 7.05 Å². The van der Waals surface area contributed by atoms with E-state index in [9.17, 15) is 4.79 Å². The summed E-state index contributed by atoms with van der Waals surface area (Å²) in [6.45, 7) is 4.70. The molecular formula is C16H19BrN2O. The van der Waals surface area contributed by atoms with Crippen LogP contribution in [0.15, 0.2) is 47.1 Å². The van der Waals surface area contributed by atoms with Crippen molar-refractivity contribution in [3.63, 3.8) is 0 Å². The number of carbonyl (C=O) groups excluding carboxylic acids is 1. The van der Waals surface area contributed by atoms with Crippen LogP contribution in [0.25, 0.3) is 0 Å². The zero-order valence-electron chi connectivity index (χ0n) is 12.0. The van der Waals surface area contributed by atoms with Gasteiger partial charge in [-0.1, -0.05) is 15.9 Å². The van der Waals surface area contributed by atoms with Crippen molar-refractivity contribution in [3.05, 3.63) is 58.3 Å². The van der Waals surface area contributed by atoms with Crippen LogP contribution in [0.4, 0.5) is 0 Å². The Bertz CT molecular complexity index is 587. The molecule has 0 saturated heterocycles. The van der Waals surface area contributed by atoms with E-state index in [0.29, 0.717) is 6.54 Å². The van der Waals surface area contributed by atoms with Gasteiger partial charge in [0.05, 0.1) is 6.54 Å². The molecule has 1 amide bonds. The van der Waals surface area contributed by atoms with E-state index in [4.69, 9.17) is 0 Å². The summed E-state index contributed by atoms with van der Waals surface area (Å²) in [6, 6.07) is 11.7. The molecule has 0 aliphatic heterocycles. The second-order valence-corrected chi connectivity index (χ2v) is 6.06. The lowest BCUT2D eigenvalue weighted by atomic mass is 10.1. The van der Waals surface area contributed by atoms with Crippen LogP contribution < -0.4 is 0 Å². The van der Waals surface area contributed by atoms with Crippen molar-refractivity contribution in [1.82, 2.24) is 9.47 Å². The van der Waals surface area contributed by atoms with Crippen molar-refractivity contribution in [2.75, 3.05) is 0 Å². The summed E-state index contributed by atoms with van der Waals surface area (Å²) in [5, 5.41) is 0. The van der Waals surface area contributed by atoms with Gasteiger partial charge in [0.25, 0.3) is 5.91 Å². The first kappa shape index (κ1) is 14.9. The summed E-state index contributed by atoms with van der Waals surface area (Å²) < 4.78 is 3.03. The van der Waals surface area contributed by atoms with Crippen LogP contribution in [0.5, 0.6) is 0 Å². The number of rotatable bonds is 4. The Morgan fingerprint density at radius 3 is 2.40 bits per heavy atom. The highest BCUT2D eigenvalue weighted by Crippen LogP contribution is 2.16. The van der Waals surface area contributed by atoms with Gasteiger partial charge in [0, 0.05) is 35.0 Å². The molecule has 3 nitrogen and oxygen atoms in total. The second kappa shape index (κ2) is 6.27. The maximum absolute atomic E-state index is 12.6. The van der Waals surface area contributed by atoms with Crippen molar-refractivity contribution >= 4 is 21.8 Å². The molecule has 0 radical (unpaired) electrons. The zero-order valence-corrected chi connectivity index (χ0v) is 13.6. The molecule has 0 unspecified atom stereocenters. The molecule has 1 heterocycles. The van der Waals surface area contributed by atoms with E-state index >= 15 is 0 Å². The van der Waals surface area contributed by atoms with Gasteiger partial charge in [-0.3, -0.25) is 4.79 Å². The van der Waals surface area contributed by atoms with E-state index in [0.717, 1.165) is 15.7 Å². The maximum atomic E-state index is 12.6. The van der Waals surface area contributed by atoms with Gasteiger partial charge in [-0.25, -0.2) is 0 Å². The van der Waals surface area contributed by atoms with Crippen molar-refractivity contribution in [3.8, 4) is 0 Å². The minimum atomic E-state index is 0.0636. The topological polar surface area (TPSA) is 25.2 Å². The molecule has 2 aromatic rings. The summed E-state index contributed by atoms with van der Waals surface area (Å²) in [4.78, 5) is 14.5. The highest BCUT2D eigenvalue weighted by molar-refractivity contribution is 9.10. The third-order valence-electron chi connectivity index (χ3n) is 3.36. The number of nitrogens with zero attached hydrogens (tertiary/aromatic N) is 2. The summed E-state index contributed by atoms with van der Waals surface area (Å²) in [5.74, 6) is 0.0636. The first-order chi connectivity index (χ1) is 9.49. The number of aryl methyl sites for hydroxylation is 1. The average Bonchev–Trinajstić information content (AvgIpc) is 2.81. The monoisotopic (exact) mass is 334 g/mol. The van der Waals surface area contributed by atoms with Crippen molar-refractivity contribution in [1.29, 1.82) is 0 Å². The van der Waals surface area contributed by atoms with E-state index < -0.39 is 0 Å². The van der Waals surface area contributed by atoms with E-state index in [1.54, 1.807) is 0 Å². The standard InChI is InChI=1S/C16H19BrN2O/c1-12(2)19(11-15-5-4-10-18(15)3)16(20)13-6-8-14(17)9-7-13/h4-10,12H,11H2,1-3H3. The normalized spacial score (nSPS) is 10.8. The van der Waals surface area contributed by atoms with E-state index in [1.807, 2.05) is 73.0 Å². The molecule has 2 rings (SSSR count). The molecule has 1 aromatic heterocycles. The van der Waals surface area contributed by atoms with E-state index in [-0.39, 0.29) is 11.9 Å². The van der Waals surface area contributed by atoms with E-state index in [1.165, 1.54) is 0 Å². The summed E-state index contributed by atoms with van der Waals surface area (Å²) in [6.07, 6.45) is 2.00. The fourth-order valence-electron chi connectivity index (χ4n) is 2.08. The number of benzene rings is 1. The molecule has 0 aliphatic rings. The van der Waals surface area contributed by atoms with Crippen LogP contribution in [0.3, 0.4) is 0 Å². The number of amides is 1. The van der Waals surface area contributed by atoms with Crippen LogP contribution in [-0.4, -0.2) is 21.4 Å². The molecule has 0 spiro atoms. The molecule has 0 saturated carbocycles. The van der Waals surface area contributed by atoms with Gasteiger partial charge in [0.1, 0.15) is 0 Å². The Labute approximate surface area is 128 Å². The van der Waals surface area contributed by atoms with Crippen LogP contribution in [-0.2, 0) is 13.6 Å². The predicted octanol–water partition coefficient (Wildman–Crippen LogP) is 3.84. The lowest BCUT2D eigenvalue weighted by molar-refractivity contribution is 0.0686. The molecule has 0 aliphatic carbocycles. The largest absolute Gasteiger partial charge is 0.353 e. The molecule has 1 aromatic carbocycles. The maximum Gasteiger partial charge on any atom is 0.254 e. The van der Waals surface area contributed by atoms with Crippen molar-refractivity contribution < 1.29 is 4.79 Å². The Balaban J connectivity index is 2.22. The number of hydrogen-bond acceptors (Lipinski definition) is 1. The van der Waals surface area contributed by atoms with Crippen LogP contribution in [0.2, 0.25) is 0 Å². The fraction of sp³-hybridized carbons (Fsp3) is 0.312. The van der Waals surface area contributed by atoms with Crippen LogP contribution >= 0.6 is 15.9 Å². The molecule has 4 heteroatoms. The quantitative estimate of drug-likeness (QED) is 0.833. The molecule has 0 N–H and O–H groups in total. The van der Waals surface area contributed by atoms with Crippen LogP contribution in [0, 0.1) is 0 Å². The third-order valence-corrected chi connectivity index (χ3v) is 3.89. The lowest BCUT2D eigenvalue weighted by Crippen LogP contribution is -2.36.